The molecule has 0 aromatic heterocycles. The van der Waals surface area contributed by atoms with Crippen molar-refractivity contribution in [1.82, 2.24) is 0 Å². The van der Waals surface area contributed by atoms with E-state index in [9.17, 15) is 5.11 Å². The predicted octanol–water partition coefficient (Wildman–Crippen LogP) is 5.33. The number of azo groups is 1. The van der Waals surface area contributed by atoms with E-state index in [2.05, 4.69) is 42.1 Å². The van der Waals surface area contributed by atoms with Gasteiger partial charge in [0.25, 0.3) is 0 Å². The van der Waals surface area contributed by atoms with Crippen molar-refractivity contribution in [2.24, 2.45) is 10.2 Å². The molecular formula is C12H8Br2N2O. The summed E-state index contributed by atoms with van der Waals surface area (Å²) in [6.45, 7) is 0. The fourth-order valence-corrected chi connectivity index (χ4v) is 2.44. The number of phenolic OH excluding ortho intramolecular Hbond substituents is 1. The van der Waals surface area contributed by atoms with E-state index in [1.807, 2.05) is 30.3 Å². The summed E-state index contributed by atoms with van der Waals surface area (Å²) < 4.78 is 1.40. The first kappa shape index (κ1) is 12.3. The van der Waals surface area contributed by atoms with Crippen molar-refractivity contribution in [3.8, 4) is 5.75 Å². The van der Waals surface area contributed by atoms with Crippen LogP contribution in [0.25, 0.3) is 0 Å². The molecule has 2 aromatic rings. The Hall–Kier alpha value is -1.20. The van der Waals surface area contributed by atoms with E-state index in [0.29, 0.717) is 10.2 Å². The molecule has 0 aliphatic rings. The van der Waals surface area contributed by atoms with Gasteiger partial charge in [0, 0.05) is 4.47 Å². The monoisotopic (exact) mass is 354 g/mol. The van der Waals surface area contributed by atoms with Gasteiger partial charge in [0.05, 0.1) is 10.2 Å². The lowest BCUT2D eigenvalue weighted by Crippen LogP contribution is -1.72. The summed E-state index contributed by atoms with van der Waals surface area (Å²) in [5, 5.41) is 17.8. The van der Waals surface area contributed by atoms with Crippen LogP contribution in [-0.2, 0) is 0 Å². The lowest BCUT2D eigenvalue weighted by molar-refractivity contribution is 0.473. The minimum absolute atomic E-state index is 0.0767. The summed E-state index contributed by atoms with van der Waals surface area (Å²) in [6.07, 6.45) is 0. The van der Waals surface area contributed by atoms with Crippen molar-refractivity contribution < 1.29 is 5.11 Å². The maximum absolute atomic E-state index is 9.78. The molecule has 0 unspecified atom stereocenters. The van der Waals surface area contributed by atoms with Gasteiger partial charge in [-0.15, -0.1) is 5.11 Å². The van der Waals surface area contributed by atoms with Crippen molar-refractivity contribution >= 4 is 43.2 Å². The zero-order valence-electron chi connectivity index (χ0n) is 8.64. The number of rotatable bonds is 2. The summed E-state index contributed by atoms with van der Waals surface area (Å²) in [5.74, 6) is 0.0767. The highest BCUT2D eigenvalue weighted by atomic mass is 79.9. The van der Waals surface area contributed by atoms with Crippen molar-refractivity contribution in [3.63, 3.8) is 0 Å². The quantitative estimate of drug-likeness (QED) is 0.726. The molecule has 0 radical (unpaired) electrons. The Balaban J connectivity index is 2.33. The molecule has 2 rings (SSSR count). The van der Waals surface area contributed by atoms with Crippen molar-refractivity contribution in [2.45, 2.75) is 0 Å². The van der Waals surface area contributed by atoms with Crippen molar-refractivity contribution in [2.75, 3.05) is 0 Å². The molecule has 0 saturated carbocycles. The fraction of sp³-hybridized carbons (Fsp3) is 0. The second-order valence-corrected chi connectivity index (χ2v) is 5.06. The summed E-state index contributed by atoms with van der Waals surface area (Å²) >= 11 is 6.57. The number of nitrogens with zero attached hydrogens (tertiary/aromatic N) is 2. The van der Waals surface area contributed by atoms with Crippen molar-refractivity contribution in [3.05, 3.63) is 51.4 Å². The molecule has 0 aliphatic heterocycles. The van der Waals surface area contributed by atoms with Gasteiger partial charge in [0.15, 0.2) is 5.75 Å². The molecule has 0 atom stereocenters. The Bertz CT molecular complexity index is 556. The lowest BCUT2D eigenvalue weighted by Gasteiger charge is -2.01. The SMILES string of the molecule is Oc1c(Br)cc(Br)cc1N=Nc1ccccc1. The van der Waals surface area contributed by atoms with E-state index in [-0.39, 0.29) is 5.75 Å². The highest BCUT2D eigenvalue weighted by Crippen LogP contribution is 2.37. The highest BCUT2D eigenvalue weighted by molar-refractivity contribution is 9.11. The van der Waals surface area contributed by atoms with E-state index in [1.165, 1.54) is 0 Å². The minimum Gasteiger partial charge on any atom is -0.505 e. The molecular weight excluding hydrogens is 348 g/mol. The van der Waals surface area contributed by atoms with E-state index in [4.69, 9.17) is 0 Å². The van der Waals surface area contributed by atoms with Gasteiger partial charge in [-0.25, -0.2) is 0 Å². The van der Waals surface area contributed by atoms with Crippen LogP contribution in [0.1, 0.15) is 0 Å². The second kappa shape index (κ2) is 5.42. The highest BCUT2D eigenvalue weighted by Gasteiger charge is 2.06. The maximum atomic E-state index is 9.78. The van der Waals surface area contributed by atoms with Crippen LogP contribution in [0.3, 0.4) is 0 Å². The first-order valence-electron chi connectivity index (χ1n) is 4.81. The third kappa shape index (κ3) is 3.14. The minimum atomic E-state index is 0.0767. The number of halogens is 2. The molecule has 0 saturated heterocycles. The molecule has 0 fully saturated rings. The molecule has 3 nitrogen and oxygen atoms in total. The van der Waals surface area contributed by atoms with Crippen LogP contribution in [0.15, 0.2) is 61.6 Å². The lowest BCUT2D eigenvalue weighted by atomic mass is 10.3. The van der Waals surface area contributed by atoms with Crippen LogP contribution >= 0.6 is 31.9 Å². The summed E-state index contributed by atoms with van der Waals surface area (Å²) in [7, 11) is 0. The zero-order valence-corrected chi connectivity index (χ0v) is 11.8. The van der Waals surface area contributed by atoms with Gasteiger partial charge in [0.2, 0.25) is 0 Å². The molecule has 0 bridgehead atoms. The molecule has 0 heterocycles. The third-order valence-electron chi connectivity index (χ3n) is 2.04. The fourth-order valence-electron chi connectivity index (χ4n) is 1.23. The average molecular weight is 356 g/mol. The van der Waals surface area contributed by atoms with Gasteiger partial charge in [-0.05, 0) is 40.2 Å². The van der Waals surface area contributed by atoms with Crippen LogP contribution in [0, 0.1) is 0 Å². The summed E-state index contributed by atoms with van der Waals surface area (Å²) in [5.41, 5.74) is 1.15. The van der Waals surface area contributed by atoms with E-state index in [1.54, 1.807) is 12.1 Å². The van der Waals surface area contributed by atoms with E-state index in [0.717, 1.165) is 10.2 Å². The van der Waals surface area contributed by atoms with Crippen molar-refractivity contribution in [1.29, 1.82) is 0 Å². The normalized spacial score (nSPS) is 10.9. The smallest absolute Gasteiger partial charge is 0.157 e. The van der Waals surface area contributed by atoms with Crippen LogP contribution in [0.5, 0.6) is 5.75 Å². The van der Waals surface area contributed by atoms with E-state index < -0.39 is 0 Å². The number of aromatic hydroxyl groups is 1. The number of phenols is 1. The molecule has 2 aromatic carbocycles. The summed E-state index contributed by atoms with van der Waals surface area (Å²) in [6, 6.07) is 12.8. The Morgan fingerprint density at radius 2 is 1.65 bits per heavy atom. The Kier molecular flexibility index (Phi) is 3.91. The van der Waals surface area contributed by atoms with Crippen LogP contribution in [0.2, 0.25) is 0 Å². The van der Waals surface area contributed by atoms with Crippen LogP contribution < -0.4 is 0 Å². The van der Waals surface area contributed by atoms with Gasteiger partial charge >= 0.3 is 0 Å². The molecule has 17 heavy (non-hydrogen) atoms. The molecule has 86 valence electrons. The average Bonchev–Trinajstić information content (AvgIpc) is 2.33. The molecule has 0 amide bonds. The molecule has 0 aliphatic carbocycles. The van der Waals surface area contributed by atoms with Crippen LogP contribution in [0.4, 0.5) is 11.4 Å². The van der Waals surface area contributed by atoms with Gasteiger partial charge in [-0.3, -0.25) is 0 Å². The Morgan fingerprint density at radius 1 is 0.941 bits per heavy atom. The summed E-state index contributed by atoms with van der Waals surface area (Å²) in [4.78, 5) is 0. The van der Waals surface area contributed by atoms with Gasteiger partial charge < -0.3 is 5.11 Å². The Morgan fingerprint density at radius 3 is 2.35 bits per heavy atom. The molecule has 0 spiro atoms. The molecule has 1 N–H and O–H groups in total. The third-order valence-corrected chi connectivity index (χ3v) is 3.10. The number of benzene rings is 2. The zero-order chi connectivity index (χ0) is 12.3. The molecule has 5 heteroatoms. The van der Waals surface area contributed by atoms with Crippen LogP contribution in [-0.4, -0.2) is 5.11 Å². The second-order valence-electron chi connectivity index (χ2n) is 3.29. The standard InChI is InChI=1S/C12H8Br2N2O/c13-8-6-10(14)12(17)11(7-8)16-15-9-4-2-1-3-5-9/h1-7,17H. The largest absolute Gasteiger partial charge is 0.505 e. The first-order valence-corrected chi connectivity index (χ1v) is 6.40. The topological polar surface area (TPSA) is 45.0 Å². The Labute approximate surface area is 115 Å². The maximum Gasteiger partial charge on any atom is 0.157 e. The van der Waals surface area contributed by atoms with Gasteiger partial charge in [0.1, 0.15) is 5.69 Å². The van der Waals surface area contributed by atoms with Gasteiger partial charge in [-0.2, -0.15) is 5.11 Å². The number of hydrogen-bond acceptors (Lipinski definition) is 3. The predicted molar refractivity (Wildman–Crippen MR) is 74.1 cm³/mol. The van der Waals surface area contributed by atoms with Gasteiger partial charge in [-0.1, -0.05) is 34.1 Å². The first-order chi connectivity index (χ1) is 8.16. The van der Waals surface area contributed by atoms with E-state index >= 15 is 0 Å². The number of hydrogen-bond donors (Lipinski definition) is 1.